The number of nitrogens with two attached hydrogens (primary N) is 1. The van der Waals surface area contributed by atoms with E-state index in [-0.39, 0.29) is 6.10 Å². The summed E-state index contributed by atoms with van der Waals surface area (Å²) in [5.74, 6) is 0. The Morgan fingerprint density at radius 3 is 2.62 bits per heavy atom. The van der Waals surface area contributed by atoms with Crippen LogP contribution < -0.4 is 11.1 Å². The molecule has 13 heavy (non-hydrogen) atoms. The standard InChI is InChI=1S/C9H20N2O2/c1-4-5-13-8(7-12)6-11-9(2,3)10/h7-8,11H,4-6,10H2,1-3H3. The van der Waals surface area contributed by atoms with Crippen LogP contribution in [-0.2, 0) is 9.53 Å². The molecule has 0 fully saturated rings. The van der Waals surface area contributed by atoms with Crippen LogP contribution in [0, 0.1) is 0 Å². The molecule has 78 valence electrons. The summed E-state index contributed by atoms with van der Waals surface area (Å²) in [4.78, 5) is 10.5. The topological polar surface area (TPSA) is 64.3 Å². The Morgan fingerprint density at radius 2 is 2.23 bits per heavy atom. The van der Waals surface area contributed by atoms with Crippen LogP contribution in [0.4, 0.5) is 0 Å². The highest BCUT2D eigenvalue weighted by Gasteiger charge is 2.13. The second kappa shape index (κ2) is 6.07. The van der Waals surface area contributed by atoms with E-state index < -0.39 is 5.66 Å². The lowest BCUT2D eigenvalue weighted by atomic mass is 10.2. The van der Waals surface area contributed by atoms with Gasteiger partial charge in [0.25, 0.3) is 0 Å². The highest BCUT2D eigenvalue weighted by atomic mass is 16.5. The van der Waals surface area contributed by atoms with Crippen LogP contribution in [0.3, 0.4) is 0 Å². The number of aldehydes is 1. The van der Waals surface area contributed by atoms with Crippen LogP contribution in [0.5, 0.6) is 0 Å². The van der Waals surface area contributed by atoms with Gasteiger partial charge in [-0.05, 0) is 20.3 Å². The molecule has 0 saturated carbocycles. The molecular formula is C9H20N2O2. The van der Waals surface area contributed by atoms with Gasteiger partial charge in [0.2, 0.25) is 0 Å². The molecule has 0 aliphatic rings. The van der Waals surface area contributed by atoms with Crippen molar-refractivity contribution in [2.24, 2.45) is 5.73 Å². The summed E-state index contributed by atoms with van der Waals surface area (Å²) >= 11 is 0. The summed E-state index contributed by atoms with van der Waals surface area (Å²) in [6.07, 6.45) is 1.33. The van der Waals surface area contributed by atoms with Crippen LogP contribution in [-0.4, -0.2) is 31.2 Å². The van der Waals surface area contributed by atoms with E-state index >= 15 is 0 Å². The van der Waals surface area contributed by atoms with Crippen molar-refractivity contribution in [3.05, 3.63) is 0 Å². The Morgan fingerprint density at radius 1 is 1.62 bits per heavy atom. The maximum atomic E-state index is 10.5. The first-order valence-corrected chi connectivity index (χ1v) is 4.60. The molecule has 0 amide bonds. The number of ether oxygens (including phenoxy) is 1. The highest BCUT2D eigenvalue weighted by molar-refractivity contribution is 5.56. The molecule has 0 aromatic heterocycles. The molecule has 0 aliphatic heterocycles. The molecule has 0 radical (unpaired) electrons. The van der Waals surface area contributed by atoms with E-state index in [0.717, 1.165) is 12.7 Å². The lowest BCUT2D eigenvalue weighted by Crippen LogP contribution is -2.51. The second-order valence-electron chi connectivity index (χ2n) is 3.65. The van der Waals surface area contributed by atoms with Gasteiger partial charge in [0.05, 0.1) is 5.66 Å². The summed E-state index contributed by atoms with van der Waals surface area (Å²) in [5, 5.41) is 3.00. The predicted octanol–water partition coefficient (Wildman–Crippen LogP) is 0.265. The quantitative estimate of drug-likeness (QED) is 0.444. The van der Waals surface area contributed by atoms with Gasteiger partial charge >= 0.3 is 0 Å². The average Bonchev–Trinajstić information content (AvgIpc) is 2.03. The van der Waals surface area contributed by atoms with Gasteiger partial charge in [-0.3, -0.25) is 5.32 Å². The molecule has 0 heterocycles. The third-order valence-electron chi connectivity index (χ3n) is 1.45. The zero-order valence-corrected chi connectivity index (χ0v) is 8.67. The van der Waals surface area contributed by atoms with Gasteiger partial charge in [0, 0.05) is 13.2 Å². The molecule has 3 N–H and O–H groups in total. The molecule has 0 bridgehead atoms. The van der Waals surface area contributed by atoms with Gasteiger partial charge in [-0.2, -0.15) is 0 Å². The summed E-state index contributed by atoms with van der Waals surface area (Å²) in [7, 11) is 0. The lowest BCUT2D eigenvalue weighted by Gasteiger charge is -2.22. The molecule has 0 aromatic rings. The zero-order chi connectivity index (χ0) is 10.3. The van der Waals surface area contributed by atoms with E-state index in [1.165, 1.54) is 0 Å². The van der Waals surface area contributed by atoms with Crippen LogP contribution in [0.15, 0.2) is 0 Å². The van der Waals surface area contributed by atoms with Crippen molar-refractivity contribution in [3.8, 4) is 0 Å². The summed E-state index contributed by atoms with van der Waals surface area (Å²) in [5.41, 5.74) is 5.22. The Hall–Kier alpha value is -0.450. The van der Waals surface area contributed by atoms with Gasteiger partial charge in [-0.1, -0.05) is 6.92 Å². The summed E-state index contributed by atoms with van der Waals surface area (Å²) in [6.45, 7) is 6.76. The maximum absolute atomic E-state index is 10.5. The summed E-state index contributed by atoms with van der Waals surface area (Å²) < 4.78 is 5.25. The number of carbonyl (C=O) groups is 1. The van der Waals surface area contributed by atoms with Crippen molar-refractivity contribution in [3.63, 3.8) is 0 Å². The second-order valence-corrected chi connectivity index (χ2v) is 3.65. The Balaban J connectivity index is 3.65. The average molecular weight is 188 g/mol. The van der Waals surface area contributed by atoms with E-state index in [2.05, 4.69) is 5.32 Å². The van der Waals surface area contributed by atoms with E-state index in [0.29, 0.717) is 13.2 Å². The fraction of sp³-hybridized carbons (Fsp3) is 0.889. The minimum atomic E-state index is -0.461. The Bertz CT molecular complexity index is 143. The number of rotatable bonds is 7. The van der Waals surface area contributed by atoms with Crippen LogP contribution in [0.25, 0.3) is 0 Å². The minimum Gasteiger partial charge on any atom is -0.369 e. The molecular weight excluding hydrogens is 168 g/mol. The van der Waals surface area contributed by atoms with Gasteiger partial charge in [0.1, 0.15) is 12.4 Å². The normalized spacial score (nSPS) is 14.2. The molecule has 0 aromatic carbocycles. The van der Waals surface area contributed by atoms with Crippen LogP contribution in [0.1, 0.15) is 27.2 Å². The van der Waals surface area contributed by atoms with Crippen molar-refractivity contribution in [2.75, 3.05) is 13.2 Å². The minimum absolute atomic E-state index is 0.386. The van der Waals surface area contributed by atoms with Crippen molar-refractivity contribution in [1.29, 1.82) is 0 Å². The van der Waals surface area contributed by atoms with Crippen molar-refractivity contribution in [1.82, 2.24) is 5.32 Å². The fourth-order valence-corrected chi connectivity index (χ4v) is 0.779. The number of hydrogen-bond donors (Lipinski definition) is 2. The Kier molecular flexibility index (Phi) is 5.86. The van der Waals surface area contributed by atoms with E-state index in [1.54, 1.807) is 0 Å². The molecule has 4 nitrogen and oxygen atoms in total. The van der Waals surface area contributed by atoms with Crippen molar-refractivity contribution in [2.45, 2.75) is 39.0 Å². The van der Waals surface area contributed by atoms with Crippen LogP contribution >= 0.6 is 0 Å². The highest BCUT2D eigenvalue weighted by Crippen LogP contribution is 1.93. The first-order valence-electron chi connectivity index (χ1n) is 4.60. The van der Waals surface area contributed by atoms with E-state index in [1.807, 2.05) is 20.8 Å². The van der Waals surface area contributed by atoms with Gasteiger partial charge in [-0.15, -0.1) is 0 Å². The first-order chi connectivity index (χ1) is 5.99. The molecule has 4 heteroatoms. The fourth-order valence-electron chi connectivity index (χ4n) is 0.779. The van der Waals surface area contributed by atoms with Gasteiger partial charge in [-0.25, -0.2) is 0 Å². The lowest BCUT2D eigenvalue weighted by molar-refractivity contribution is -0.118. The number of nitrogens with one attached hydrogen (secondary N) is 1. The molecule has 0 rings (SSSR count). The van der Waals surface area contributed by atoms with Crippen LogP contribution in [0.2, 0.25) is 0 Å². The third kappa shape index (κ3) is 7.90. The largest absolute Gasteiger partial charge is 0.369 e. The Labute approximate surface area is 79.8 Å². The van der Waals surface area contributed by atoms with E-state index in [9.17, 15) is 4.79 Å². The molecule has 1 atom stereocenters. The molecule has 0 saturated heterocycles. The molecule has 0 aliphatic carbocycles. The predicted molar refractivity (Wildman–Crippen MR) is 52.4 cm³/mol. The monoisotopic (exact) mass is 188 g/mol. The molecule has 1 unspecified atom stereocenters. The molecule has 0 spiro atoms. The number of carbonyl (C=O) groups excluding carboxylic acids is 1. The smallest absolute Gasteiger partial charge is 0.150 e. The third-order valence-corrected chi connectivity index (χ3v) is 1.45. The van der Waals surface area contributed by atoms with Crippen molar-refractivity contribution >= 4 is 6.29 Å². The maximum Gasteiger partial charge on any atom is 0.150 e. The number of hydrogen-bond acceptors (Lipinski definition) is 4. The van der Waals surface area contributed by atoms with Gasteiger partial charge < -0.3 is 15.3 Å². The van der Waals surface area contributed by atoms with Crippen molar-refractivity contribution < 1.29 is 9.53 Å². The van der Waals surface area contributed by atoms with E-state index in [4.69, 9.17) is 10.5 Å². The van der Waals surface area contributed by atoms with Gasteiger partial charge in [0.15, 0.2) is 0 Å². The first kappa shape index (κ1) is 12.6. The summed E-state index contributed by atoms with van der Waals surface area (Å²) in [6, 6.07) is 0. The zero-order valence-electron chi connectivity index (χ0n) is 8.67. The SMILES string of the molecule is CCCOC(C=O)CNC(C)(C)N.